The van der Waals surface area contributed by atoms with E-state index in [1.165, 1.54) is 0 Å². The molecule has 0 fully saturated rings. The van der Waals surface area contributed by atoms with Gasteiger partial charge >= 0.3 is 6.03 Å². The maximum atomic E-state index is 13.1. The predicted molar refractivity (Wildman–Crippen MR) is 105 cm³/mol. The van der Waals surface area contributed by atoms with E-state index in [-0.39, 0.29) is 6.03 Å². The van der Waals surface area contributed by atoms with Crippen LogP contribution in [0, 0.1) is 0 Å². The fraction of sp³-hybridized carbons (Fsp3) is 0. The van der Waals surface area contributed by atoms with Gasteiger partial charge in [-0.2, -0.15) is 0 Å². The molecule has 0 unspecified atom stereocenters. The molecule has 3 aromatic carbocycles. The quantitative estimate of drug-likeness (QED) is 0.496. The van der Waals surface area contributed by atoms with Gasteiger partial charge in [0.2, 0.25) is 0 Å². The second kappa shape index (κ2) is 6.64. The van der Waals surface area contributed by atoms with Gasteiger partial charge in [-0.15, -0.1) is 0 Å². The molecule has 3 aromatic rings. The first-order chi connectivity index (χ1) is 12.1. The molecule has 1 aliphatic rings. The number of hydrogen-bond acceptors (Lipinski definition) is 2. The summed E-state index contributed by atoms with van der Waals surface area (Å²) in [6.45, 7) is 0. The van der Waals surface area contributed by atoms with Crippen LogP contribution in [0.3, 0.4) is 0 Å². The van der Waals surface area contributed by atoms with Gasteiger partial charge in [-0.1, -0.05) is 65.3 Å². The number of urea groups is 1. The summed E-state index contributed by atoms with van der Waals surface area (Å²) in [5.74, 6) is 0. The third-order valence-corrected chi connectivity index (χ3v) is 5.78. The molecule has 6 heteroatoms. The molecular formula is C19H12Cl2N2OS. The molecule has 0 atom stereocenters. The van der Waals surface area contributed by atoms with Crippen molar-refractivity contribution in [3.63, 3.8) is 0 Å². The first-order valence-electron chi connectivity index (χ1n) is 7.56. The summed E-state index contributed by atoms with van der Waals surface area (Å²) in [6.07, 6.45) is 0. The Morgan fingerprint density at radius 3 is 2.08 bits per heavy atom. The molecule has 1 aliphatic heterocycles. The van der Waals surface area contributed by atoms with Crippen LogP contribution < -0.4 is 10.2 Å². The molecule has 0 aromatic heterocycles. The average molecular weight is 387 g/mol. The Balaban J connectivity index is 1.77. The van der Waals surface area contributed by atoms with Crippen molar-refractivity contribution in [2.45, 2.75) is 9.79 Å². The van der Waals surface area contributed by atoms with Crippen LogP contribution in [0.15, 0.2) is 76.5 Å². The van der Waals surface area contributed by atoms with Gasteiger partial charge in [-0.25, -0.2) is 4.79 Å². The molecule has 124 valence electrons. The summed E-state index contributed by atoms with van der Waals surface area (Å²) in [5, 5.41) is 3.59. The van der Waals surface area contributed by atoms with E-state index in [4.69, 9.17) is 23.2 Å². The lowest BCUT2D eigenvalue weighted by molar-refractivity contribution is 0.259. The third-order valence-electron chi connectivity index (χ3n) is 3.83. The molecule has 2 amide bonds. The highest BCUT2D eigenvalue weighted by Gasteiger charge is 2.28. The Morgan fingerprint density at radius 2 is 1.44 bits per heavy atom. The van der Waals surface area contributed by atoms with Crippen LogP contribution in [-0.4, -0.2) is 6.03 Å². The van der Waals surface area contributed by atoms with Gasteiger partial charge in [0.15, 0.2) is 0 Å². The summed E-state index contributed by atoms with van der Waals surface area (Å²) in [4.78, 5) is 16.8. The number of carbonyl (C=O) groups excluding carboxylic acids is 1. The van der Waals surface area contributed by atoms with Crippen molar-refractivity contribution in [3.05, 3.63) is 76.8 Å². The van der Waals surface area contributed by atoms with Crippen LogP contribution in [0.25, 0.3) is 0 Å². The Kier molecular flexibility index (Phi) is 4.34. The van der Waals surface area contributed by atoms with Crippen LogP contribution in [-0.2, 0) is 0 Å². The van der Waals surface area contributed by atoms with E-state index in [1.807, 2.05) is 48.5 Å². The smallest absolute Gasteiger partial charge is 0.306 e. The number of nitrogens with one attached hydrogen (secondary N) is 1. The number of rotatable bonds is 1. The monoisotopic (exact) mass is 386 g/mol. The molecule has 1 heterocycles. The van der Waals surface area contributed by atoms with Crippen LogP contribution >= 0.6 is 35.0 Å². The highest BCUT2D eigenvalue weighted by molar-refractivity contribution is 7.99. The maximum absolute atomic E-state index is 13.1. The van der Waals surface area contributed by atoms with E-state index in [1.54, 1.807) is 34.9 Å². The van der Waals surface area contributed by atoms with Crippen LogP contribution in [0.5, 0.6) is 0 Å². The minimum Gasteiger partial charge on any atom is -0.306 e. The van der Waals surface area contributed by atoms with Crippen molar-refractivity contribution in [2.75, 3.05) is 10.2 Å². The number of hydrogen-bond donors (Lipinski definition) is 1. The Labute approximate surface area is 159 Å². The first-order valence-corrected chi connectivity index (χ1v) is 9.13. The molecule has 0 saturated heterocycles. The van der Waals surface area contributed by atoms with Crippen molar-refractivity contribution < 1.29 is 4.79 Å². The van der Waals surface area contributed by atoms with Gasteiger partial charge in [0, 0.05) is 9.79 Å². The summed E-state index contributed by atoms with van der Waals surface area (Å²) in [5.41, 5.74) is 2.15. The molecule has 0 aliphatic carbocycles. The molecule has 0 saturated carbocycles. The van der Waals surface area contributed by atoms with E-state index in [0.717, 1.165) is 21.2 Å². The fourth-order valence-corrected chi connectivity index (χ4v) is 4.10. The fourth-order valence-electron chi connectivity index (χ4n) is 2.69. The first kappa shape index (κ1) is 16.3. The maximum Gasteiger partial charge on any atom is 0.331 e. The van der Waals surface area contributed by atoms with Crippen LogP contribution in [0.4, 0.5) is 21.9 Å². The highest BCUT2D eigenvalue weighted by atomic mass is 35.5. The van der Waals surface area contributed by atoms with Gasteiger partial charge in [0.05, 0.1) is 27.1 Å². The molecule has 3 nitrogen and oxygen atoms in total. The predicted octanol–water partition coefficient (Wildman–Crippen LogP) is 6.83. The van der Waals surface area contributed by atoms with Crippen molar-refractivity contribution in [2.24, 2.45) is 0 Å². The van der Waals surface area contributed by atoms with Crippen molar-refractivity contribution in [3.8, 4) is 0 Å². The summed E-state index contributed by atoms with van der Waals surface area (Å²) in [6, 6.07) is 20.5. The lowest BCUT2D eigenvalue weighted by atomic mass is 10.2. The van der Waals surface area contributed by atoms with Crippen molar-refractivity contribution >= 4 is 58.1 Å². The molecule has 0 radical (unpaired) electrons. The minimum absolute atomic E-state index is 0.288. The Morgan fingerprint density at radius 1 is 0.840 bits per heavy atom. The van der Waals surface area contributed by atoms with Gasteiger partial charge in [-0.3, -0.25) is 4.90 Å². The lowest BCUT2D eigenvalue weighted by Crippen LogP contribution is -2.32. The zero-order valence-electron chi connectivity index (χ0n) is 12.9. The average Bonchev–Trinajstić information content (AvgIpc) is 2.63. The number of fused-ring (bicyclic) bond motifs is 2. The summed E-state index contributed by atoms with van der Waals surface area (Å²) in [7, 11) is 0. The van der Waals surface area contributed by atoms with E-state index in [2.05, 4.69) is 5.32 Å². The topological polar surface area (TPSA) is 32.3 Å². The van der Waals surface area contributed by atoms with Crippen molar-refractivity contribution in [1.29, 1.82) is 0 Å². The van der Waals surface area contributed by atoms with Crippen LogP contribution in [0.1, 0.15) is 0 Å². The van der Waals surface area contributed by atoms with Crippen LogP contribution in [0.2, 0.25) is 10.0 Å². The zero-order chi connectivity index (χ0) is 17.4. The summed E-state index contributed by atoms with van der Waals surface area (Å²) >= 11 is 13.9. The molecule has 4 rings (SSSR count). The lowest BCUT2D eigenvalue weighted by Gasteiger charge is -2.31. The molecule has 0 spiro atoms. The standard InChI is InChI=1S/C19H12Cl2N2OS/c20-12-6-5-7-13(18(12)21)22-19(24)23-14-8-1-3-10-16(14)25-17-11-4-2-9-15(17)23/h1-11H,(H,22,24). The van der Waals surface area contributed by atoms with Gasteiger partial charge in [0.25, 0.3) is 0 Å². The minimum atomic E-state index is -0.288. The number of para-hydroxylation sites is 2. The second-order valence-corrected chi connectivity index (χ2v) is 7.27. The van der Waals surface area contributed by atoms with Crippen molar-refractivity contribution in [1.82, 2.24) is 0 Å². The third kappa shape index (κ3) is 2.97. The van der Waals surface area contributed by atoms with Gasteiger partial charge in [-0.05, 0) is 36.4 Å². The molecule has 0 bridgehead atoms. The number of amides is 2. The van der Waals surface area contributed by atoms with E-state index >= 15 is 0 Å². The number of halogens is 2. The zero-order valence-corrected chi connectivity index (χ0v) is 15.2. The Bertz CT molecular complexity index is 932. The van der Waals surface area contributed by atoms with E-state index < -0.39 is 0 Å². The van der Waals surface area contributed by atoms with E-state index in [9.17, 15) is 4.79 Å². The molecular weight excluding hydrogens is 375 g/mol. The summed E-state index contributed by atoms with van der Waals surface area (Å²) < 4.78 is 0. The Hall–Kier alpha value is -2.14. The SMILES string of the molecule is O=C(Nc1cccc(Cl)c1Cl)N1c2ccccc2Sc2ccccc21. The highest BCUT2D eigenvalue weighted by Crippen LogP contribution is 2.48. The molecule has 25 heavy (non-hydrogen) atoms. The van der Waals surface area contributed by atoms with Gasteiger partial charge in [0.1, 0.15) is 0 Å². The number of anilines is 3. The number of carbonyl (C=O) groups is 1. The van der Waals surface area contributed by atoms with E-state index in [0.29, 0.717) is 15.7 Å². The number of nitrogens with zero attached hydrogens (tertiary/aromatic N) is 1. The second-order valence-electron chi connectivity index (χ2n) is 5.40. The van der Waals surface area contributed by atoms with Gasteiger partial charge < -0.3 is 5.32 Å². The number of benzene rings is 3. The normalized spacial score (nSPS) is 12.3. The largest absolute Gasteiger partial charge is 0.331 e. The molecule has 1 N–H and O–H groups in total.